The van der Waals surface area contributed by atoms with Gasteiger partial charge in [-0.05, 0) is 36.2 Å². The van der Waals surface area contributed by atoms with E-state index >= 15 is 0 Å². The van der Waals surface area contributed by atoms with Crippen LogP contribution in [0.5, 0.6) is 0 Å². The molecular weight excluding hydrogens is 329 g/mol. The van der Waals surface area contributed by atoms with Crippen molar-refractivity contribution in [1.82, 2.24) is 0 Å². The van der Waals surface area contributed by atoms with Crippen LogP contribution in [0.3, 0.4) is 0 Å². The van der Waals surface area contributed by atoms with Gasteiger partial charge in [-0.25, -0.2) is 4.39 Å². The first-order chi connectivity index (χ1) is 8.99. The Morgan fingerprint density at radius 3 is 2.32 bits per heavy atom. The lowest BCUT2D eigenvalue weighted by molar-refractivity contribution is 0.606. The molecule has 0 nitrogen and oxygen atoms in total. The first-order valence-corrected chi connectivity index (χ1v) is 7.08. The van der Waals surface area contributed by atoms with Crippen LogP contribution in [0.15, 0.2) is 36.4 Å². The fourth-order valence-electron chi connectivity index (χ4n) is 1.79. The van der Waals surface area contributed by atoms with E-state index in [0.29, 0.717) is 27.1 Å². The second-order valence-electron chi connectivity index (χ2n) is 4.06. The summed E-state index contributed by atoms with van der Waals surface area (Å²) in [5.41, 5.74) is 1.17. The van der Waals surface area contributed by atoms with Crippen molar-refractivity contribution >= 4 is 46.4 Å². The van der Waals surface area contributed by atoms with Crippen molar-refractivity contribution in [3.8, 4) is 0 Å². The molecule has 19 heavy (non-hydrogen) atoms. The molecule has 0 aromatic heterocycles. The number of hydrogen-bond donors (Lipinski definition) is 0. The van der Waals surface area contributed by atoms with Crippen molar-refractivity contribution in [2.24, 2.45) is 0 Å². The molecule has 2 rings (SSSR count). The van der Waals surface area contributed by atoms with Crippen LogP contribution < -0.4 is 0 Å². The van der Waals surface area contributed by atoms with Gasteiger partial charge in [-0.3, -0.25) is 0 Å². The van der Waals surface area contributed by atoms with E-state index < -0.39 is 11.2 Å². The molecule has 0 aliphatic heterocycles. The van der Waals surface area contributed by atoms with E-state index in [1.165, 1.54) is 6.07 Å². The Hall–Kier alpha value is -0.470. The van der Waals surface area contributed by atoms with Crippen molar-refractivity contribution < 1.29 is 4.39 Å². The van der Waals surface area contributed by atoms with Gasteiger partial charge >= 0.3 is 0 Å². The summed E-state index contributed by atoms with van der Waals surface area (Å²) in [7, 11) is 0. The summed E-state index contributed by atoms with van der Waals surface area (Å²) in [5.74, 6) is -0.410. The Morgan fingerprint density at radius 1 is 0.947 bits per heavy atom. The topological polar surface area (TPSA) is 0 Å². The molecule has 0 saturated carbocycles. The number of alkyl halides is 1. The van der Waals surface area contributed by atoms with E-state index in [2.05, 4.69) is 0 Å². The fraction of sp³-hybridized carbons (Fsp3) is 0.143. The van der Waals surface area contributed by atoms with Crippen molar-refractivity contribution in [3.63, 3.8) is 0 Å². The van der Waals surface area contributed by atoms with Gasteiger partial charge in [0.05, 0.1) is 15.4 Å². The van der Waals surface area contributed by atoms with Crippen LogP contribution >= 0.6 is 46.4 Å². The van der Waals surface area contributed by atoms with Gasteiger partial charge in [-0.2, -0.15) is 0 Å². The first kappa shape index (κ1) is 14.9. The van der Waals surface area contributed by atoms with Crippen LogP contribution in [0.4, 0.5) is 4.39 Å². The van der Waals surface area contributed by atoms with E-state index in [4.69, 9.17) is 46.4 Å². The quantitative estimate of drug-likeness (QED) is 0.576. The number of halogens is 5. The highest BCUT2D eigenvalue weighted by molar-refractivity contribution is 6.42. The Kier molecular flexibility index (Phi) is 4.97. The van der Waals surface area contributed by atoms with Gasteiger partial charge in [0.25, 0.3) is 0 Å². The average molecular weight is 338 g/mol. The summed E-state index contributed by atoms with van der Waals surface area (Å²) in [4.78, 5) is 0. The van der Waals surface area contributed by atoms with Crippen molar-refractivity contribution in [1.29, 1.82) is 0 Å². The molecule has 2 aromatic carbocycles. The van der Waals surface area contributed by atoms with Gasteiger partial charge in [-0.1, -0.05) is 46.9 Å². The number of benzene rings is 2. The summed E-state index contributed by atoms with van der Waals surface area (Å²) in [6.07, 6.45) is 0.416. The third kappa shape index (κ3) is 3.55. The molecule has 1 atom stereocenters. The Labute approximate surface area is 131 Å². The highest BCUT2D eigenvalue weighted by Gasteiger charge is 2.17. The van der Waals surface area contributed by atoms with Crippen LogP contribution in [0.2, 0.25) is 15.1 Å². The summed E-state index contributed by atoms with van der Waals surface area (Å²) >= 11 is 24.0. The molecule has 0 N–H and O–H groups in total. The van der Waals surface area contributed by atoms with E-state index in [1.54, 1.807) is 30.3 Å². The molecule has 0 amide bonds. The fourth-order valence-corrected chi connectivity index (χ4v) is 2.86. The van der Waals surface area contributed by atoms with Crippen LogP contribution in [0, 0.1) is 5.82 Å². The molecule has 0 saturated heterocycles. The van der Waals surface area contributed by atoms with Crippen LogP contribution in [0.1, 0.15) is 16.5 Å². The highest BCUT2D eigenvalue weighted by atomic mass is 35.5. The molecule has 0 aliphatic carbocycles. The Bertz CT molecular complexity index is 578. The second kappa shape index (κ2) is 6.32. The third-order valence-electron chi connectivity index (χ3n) is 2.71. The van der Waals surface area contributed by atoms with Gasteiger partial charge in [0, 0.05) is 10.6 Å². The number of rotatable bonds is 3. The van der Waals surface area contributed by atoms with E-state index in [9.17, 15) is 4.39 Å². The smallest absolute Gasteiger partial charge is 0.129 e. The average Bonchev–Trinajstić information content (AvgIpc) is 2.33. The first-order valence-electron chi connectivity index (χ1n) is 5.51. The second-order valence-corrected chi connectivity index (χ2v) is 5.80. The Morgan fingerprint density at radius 2 is 1.68 bits per heavy atom. The summed E-state index contributed by atoms with van der Waals surface area (Å²) < 4.78 is 13.7. The van der Waals surface area contributed by atoms with Gasteiger partial charge < -0.3 is 0 Å². The maximum atomic E-state index is 13.7. The Balaban J connectivity index is 2.25. The van der Waals surface area contributed by atoms with Gasteiger partial charge in [0.2, 0.25) is 0 Å². The van der Waals surface area contributed by atoms with E-state index in [1.807, 2.05) is 0 Å². The van der Waals surface area contributed by atoms with Crippen LogP contribution in [0.25, 0.3) is 0 Å². The predicted octanol–water partition coefficient (Wildman–Crippen LogP) is 6.31. The third-order valence-corrected chi connectivity index (χ3v) is 4.15. The molecule has 0 aliphatic rings. The van der Waals surface area contributed by atoms with E-state index in [0.717, 1.165) is 5.56 Å². The monoisotopic (exact) mass is 336 g/mol. The molecule has 1 unspecified atom stereocenters. The standard InChI is InChI=1S/C14H9Cl4F/c15-9-5-4-8(6-11(9)17)7-12(18)14-10(16)2-1-3-13(14)19/h1-6,12H,7H2. The lowest BCUT2D eigenvalue weighted by Crippen LogP contribution is -2.00. The summed E-state index contributed by atoms with van der Waals surface area (Å²) in [5, 5.41) is 0.675. The van der Waals surface area contributed by atoms with Crippen LogP contribution in [-0.4, -0.2) is 0 Å². The molecular formula is C14H9Cl4F. The largest absolute Gasteiger partial charge is 0.207 e. The molecule has 0 spiro atoms. The highest BCUT2D eigenvalue weighted by Crippen LogP contribution is 2.34. The molecule has 0 bridgehead atoms. The van der Waals surface area contributed by atoms with Gasteiger partial charge in [0.1, 0.15) is 5.82 Å². The minimum atomic E-state index is -0.564. The molecule has 100 valence electrons. The van der Waals surface area contributed by atoms with Crippen molar-refractivity contribution in [3.05, 3.63) is 68.4 Å². The minimum Gasteiger partial charge on any atom is -0.207 e. The number of hydrogen-bond acceptors (Lipinski definition) is 0. The SMILES string of the molecule is Fc1cccc(Cl)c1C(Cl)Cc1ccc(Cl)c(Cl)c1. The molecule has 0 fully saturated rings. The lowest BCUT2D eigenvalue weighted by Gasteiger charge is -2.13. The zero-order chi connectivity index (χ0) is 14.0. The molecule has 5 heteroatoms. The zero-order valence-corrected chi connectivity index (χ0v) is 12.7. The predicted molar refractivity (Wildman–Crippen MR) is 80.2 cm³/mol. The molecule has 0 radical (unpaired) electrons. The maximum Gasteiger partial charge on any atom is 0.129 e. The van der Waals surface area contributed by atoms with Gasteiger partial charge in [0.15, 0.2) is 0 Å². The molecule has 2 aromatic rings. The minimum absolute atomic E-state index is 0.303. The van der Waals surface area contributed by atoms with Gasteiger partial charge in [-0.15, -0.1) is 11.6 Å². The lowest BCUT2D eigenvalue weighted by atomic mass is 10.0. The van der Waals surface area contributed by atoms with E-state index in [-0.39, 0.29) is 0 Å². The van der Waals surface area contributed by atoms with Crippen molar-refractivity contribution in [2.45, 2.75) is 11.8 Å². The maximum absolute atomic E-state index is 13.7. The normalized spacial score (nSPS) is 12.5. The molecule has 0 heterocycles. The zero-order valence-electron chi connectivity index (χ0n) is 9.64. The van der Waals surface area contributed by atoms with Crippen LogP contribution in [-0.2, 0) is 6.42 Å². The summed E-state index contributed by atoms with van der Waals surface area (Å²) in [6, 6.07) is 9.71. The summed E-state index contributed by atoms with van der Waals surface area (Å²) in [6.45, 7) is 0. The van der Waals surface area contributed by atoms with Crippen molar-refractivity contribution in [2.75, 3.05) is 0 Å².